The molecule has 2 atom stereocenters. The molecule has 1 aliphatic heterocycles. The van der Waals surface area contributed by atoms with Crippen molar-refractivity contribution in [1.82, 2.24) is 4.90 Å². The second-order valence-electron chi connectivity index (χ2n) is 5.05. The molecule has 0 aromatic heterocycles. The predicted octanol–water partition coefficient (Wildman–Crippen LogP) is 2.13. The highest BCUT2D eigenvalue weighted by atomic mass is 15.2. The van der Waals surface area contributed by atoms with Crippen molar-refractivity contribution in [3.05, 3.63) is 0 Å². The van der Waals surface area contributed by atoms with Crippen LogP contribution in [0.2, 0.25) is 0 Å². The first-order chi connectivity index (χ1) is 6.83. The quantitative estimate of drug-likeness (QED) is 0.733. The molecule has 2 unspecified atom stereocenters. The summed E-state index contributed by atoms with van der Waals surface area (Å²) in [5.41, 5.74) is 5.88. The van der Waals surface area contributed by atoms with E-state index >= 15 is 0 Å². The van der Waals surface area contributed by atoms with Crippen molar-refractivity contribution in [2.45, 2.75) is 70.0 Å². The van der Waals surface area contributed by atoms with Gasteiger partial charge in [0.05, 0.1) is 0 Å². The van der Waals surface area contributed by atoms with Gasteiger partial charge in [-0.25, -0.2) is 0 Å². The third-order valence-electron chi connectivity index (χ3n) is 4.11. The van der Waals surface area contributed by atoms with Gasteiger partial charge < -0.3 is 5.73 Å². The van der Waals surface area contributed by atoms with Crippen LogP contribution in [-0.4, -0.2) is 29.6 Å². The van der Waals surface area contributed by atoms with Gasteiger partial charge in [-0.2, -0.15) is 0 Å². The standard InChI is InChI=1S/C12H24N2/c1-10-5-4-8-12(9-13)14(10)11-6-2-3-7-11/h10-12H,2-9,13H2,1H3. The summed E-state index contributed by atoms with van der Waals surface area (Å²) < 4.78 is 0. The highest BCUT2D eigenvalue weighted by Gasteiger charge is 2.33. The Hall–Kier alpha value is -0.0800. The van der Waals surface area contributed by atoms with Crippen molar-refractivity contribution in [2.75, 3.05) is 6.54 Å². The molecule has 0 amide bonds. The summed E-state index contributed by atoms with van der Waals surface area (Å²) in [5.74, 6) is 0. The minimum atomic E-state index is 0.682. The Balaban J connectivity index is 2.02. The van der Waals surface area contributed by atoms with Crippen molar-refractivity contribution in [3.63, 3.8) is 0 Å². The molecule has 0 spiro atoms. The molecule has 1 saturated heterocycles. The van der Waals surface area contributed by atoms with E-state index in [1.807, 2.05) is 0 Å². The Morgan fingerprint density at radius 1 is 1.07 bits per heavy atom. The molecule has 1 saturated carbocycles. The first kappa shape index (κ1) is 10.4. The van der Waals surface area contributed by atoms with Crippen molar-refractivity contribution in [3.8, 4) is 0 Å². The summed E-state index contributed by atoms with van der Waals surface area (Å²) in [6.07, 6.45) is 9.80. The molecule has 14 heavy (non-hydrogen) atoms. The van der Waals surface area contributed by atoms with Gasteiger partial charge in [0.2, 0.25) is 0 Å². The lowest BCUT2D eigenvalue weighted by atomic mass is 9.93. The van der Waals surface area contributed by atoms with E-state index in [-0.39, 0.29) is 0 Å². The third kappa shape index (κ3) is 1.96. The van der Waals surface area contributed by atoms with Gasteiger partial charge in [-0.1, -0.05) is 19.3 Å². The Labute approximate surface area is 87.8 Å². The fraction of sp³-hybridized carbons (Fsp3) is 1.00. The minimum absolute atomic E-state index is 0.682. The van der Waals surface area contributed by atoms with E-state index in [2.05, 4.69) is 11.8 Å². The number of hydrogen-bond acceptors (Lipinski definition) is 2. The summed E-state index contributed by atoms with van der Waals surface area (Å²) in [6.45, 7) is 3.25. The van der Waals surface area contributed by atoms with Gasteiger partial charge in [0.1, 0.15) is 0 Å². The van der Waals surface area contributed by atoms with E-state index < -0.39 is 0 Å². The fourth-order valence-corrected chi connectivity index (χ4v) is 3.41. The van der Waals surface area contributed by atoms with Crippen molar-refractivity contribution in [1.29, 1.82) is 0 Å². The maximum Gasteiger partial charge on any atom is 0.0224 e. The zero-order chi connectivity index (χ0) is 9.97. The molecular formula is C12H24N2. The summed E-state index contributed by atoms with van der Waals surface area (Å²) in [6, 6.07) is 2.32. The van der Waals surface area contributed by atoms with Crippen LogP contribution in [0.1, 0.15) is 51.9 Å². The SMILES string of the molecule is CC1CCCC(CN)N1C1CCCC1. The molecule has 2 fully saturated rings. The van der Waals surface area contributed by atoms with Crippen LogP contribution < -0.4 is 5.73 Å². The molecule has 2 aliphatic rings. The van der Waals surface area contributed by atoms with Gasteiger partial charge in [-0.05, 0) is 32.6 Å². The van der Waals surface area contributed by atoms with E-state index in [0.29, 0.717) is 6.04 Å². The number of nitrogens with two attached hydrogens (primary N) is 1. The highest BCUT2D eigenvalue weighted by molar-refractivity contribution is 4.89. The zero-order valence-electron chi connectivity index (χ0n) is 9.41. The number of hydrogen-bond donors (Lipinski definition) is 1. The maximum absolute atomic E-state index is 5.88. The molecule has 2 heteroatoms. The second-order valence-corrected chi connectivity index (χ2v) is 5.05. The molecule has 0 bridgehead atoms. The third-order valence-corrected chi connectivity index (χ3v) is 4.11. The van der Waals surface area contributed by atoms with Gasteiger partial charge in [0.15, 0.2) is 0 Å². The van der Waals surface area contributed by atoms with Gasteiger partial charge in [-0.3, -0.25) is 4.90 Å². The Morgan fingerprint density at radius 2 is 1.79 bits per heavy atom. The number of likely N-dealkylation sites (tertiary alicyclic amines) is 1. The summed E-state index contributed by atoms with van der Waals surface area (Å²) in [5, 5.41) is 0. The van der Waals surface area contributed by atoms with E-state index in [0.717, 1.165) is 18.6 Å². The molecule has 0 radical (unpaired) electrons. The molecule has 0 aromatic rings. The molecule has 2 nitrogen and oxygen atoms in total. The molecule has 1 aliphatic carbocycles. The van der Waals surface area contributed by atoms with Crippen molar-refractivity contribution in [2.24, 2.45) is 5.73 Å². The van der Waals surface area contributed by atoms with Crippen LogP contribution in [0.3, 0.4) is 0 Å². The lowest BCUT2D eigenvalue weighted by Crippen LogP contribution is -2.52. The lowest BCUT2D eigenvalue weighted by molar-refractivity contribution is 0.0526. The van der Waals surface area contributed by atoms with E-state index in [1.165, 1.54) is 44.9 Å². The summed E-state index contributed by atoms with van der Waals surface area (Å²) >= 11 is 0. The Kier molecular flexibility index (Phi) is 3.45. The first-order valence-electron chi connectivity index (χ1n) is 6.30. The van der Waals surface area contributed by atoms with Gasteiger partial charge in [0, 0.05) is 24.7 Å². The maximum atomic E-state index is 5.88. The van der Waals surface area contributed by atoms with E-state index in [9.17, 15) is 0 Å². The molecule has 2 rings (SSSR count). The van der Waals surface area contributed by atoms with Gasteiger partial charge >= 0.3 is 0 Å². The topological polar surface area (TPSA) is 29.3 Å². The van der Waals surface area contributed by atoms with Crippen LogP contribution in [0.4, 0.5) is 0 Å². The van der Waals surface area contributed by atoms with Crippen LogP contribution in [0.5, 0.6) is 0 Å². The average molecular weight is 196 g/mol. The first-order valence-corrected chi connectivity index (χ1v) is 6.30. The van der Waals surface area contributed by atoms with Crippen molar-refractivity contribution < 1.29 is 0 Å². The highest BCUT2D eigenvalue weighted by Crippen LogP contribution is 2.32. The fourth-order valence-electron chi connectivity index (χ4n) is 3.41. The van der Waals surface area contributed by atoms with Gasteiger partial charge in [-0.15, -0.1) is 0 Å². The Bertz CT molecular complexity index is 173. The largest absolute Gasteiger partial charge is 0.329 e. The number of rotatable bonds is 2. The average Bonchev–Trinajstić information content (AvgIpc) is 2.70. The van der Waals surface area contributed by atoms with E-state index in [1.54, 1.807) is 0 Å². The monoisotopic (exact) mass is 196 g/mol. The second kappa shape index (κ2) is 4.63. The predicted molar refractivity (Wildman–Crippen MR) is 60.3 cm³/mol. The van der Waals surface area contributed by atoms with Crippen LogP contribution in [0, 0.1) is 0 Å². The summed E-state index contributed by atoms with van der Waals surface area (Å²) in [7, 11) is 0. The van der Waals surface area contributed by atoms with Crippen LogP contribution in [0.25, 0.3) is 0 Å². The van der Waals surface area contributed by atoms with Crippen LogP contribution in [-0.2, 0) is 0 Å². The van der Waals surface area contributed by atoms with E-state index in [4.69, 9.17) is 5.73 Å². The molecule has 1 heterocycles. The van der Waals surface area contributed by atoms with Gasteiger partial charge in [0.25, 0.3) is 0 Å². The molecule has 0 aromatic carbocycles. The van der Waals surface area contributed by atoms with Crippen molar-refractivity contribution >= 4 is 0 Å². The Morgan fingerprint density at radius 3 is 2.43 bits per heavy atom. The van der Waals surface area contributed by atoms with Crippen LogP contribution in [0.15, 0.2) is 0 Å². The number of nitrogens with zero attached hydrogens (tertiary/aromatic N) is 1. The smallest absolute Gasteiger partial charge is 0.0224 e. The lowest BCUT2D eigenvalue weighted by Gasteiger charge is -2.44. The summed E-state index contributed by atoms with van der Waals surface area (Å²) in [4.78, 5) is 2.75. The number of piperidine rings is 1. The molecule has 82 valence electrons. The zero-order valence-corrected chi connectivity index (χ0v) is 9.41. The molecular weight excluding hydrogens is 172 g/mol. The minimum Gasteiger partial charge on any atom is -0.329 e. The van der Waals surface area contributed by atoms with Crippen LogP contribution >= 0.6 is 0 Å². The normalized spacial score (nSPS) is 36.4. The molecule has 2 N–H and O–H groups in total.